The molecule has 0 spiro atoms. The predicted octanol–water partition coefficient (Wildman–Crippen LogP) is 2.98. The number of carbonyl (C=O) groups excluding carboxylic acids is 1. The van der Waals surface area contributed by atoms with E-state index in [1.165, 1.54) is 28.9 Å². The molecule has 1 aromatic heterocycles. The molecule has 1 aliphatic heterocycles. The van der Waals surface area contributed by atoms with Crippen LogP contribution >= 0.6 is 0 Å². The van der Waals surface area contributed by atoms with E-state index >= 15 is 0 Å². The lowest BCUT2D eigenvalue weighted by atomic mass is 10.1. The number of hydrogen-bond acceptors (Lipinski definition) is 4. The van der Waals surface area contributed by atoms with Crippen molar-refractivity contribution in [3.8, 4) is 5.75 Å². The lowest BCUT2D eigenvalue weighted by Crippen LogP contribution is -2.42. The Labute approximate surface area is 172 Å². The van der Waals surface area contributed by atoms with Gasteiger partial charge in [-0.3, -0.25) is 14.3 Å². The fraction of sp³-hybridized carbons (Fsp3) is 0.227. The van der Waals surface area contributed by atoms with E-state index in [1.54, 1.807) is 17.0 Å². The normalized spacial score (nSPS) is 12.8. The van der Waals surface area contributed by atoms with Crippen molar-refractivity contribution < 1.29 is 18.7 Å². The first-order valence-electron chi connectivity index (χ1n) is 9.46. The van der Waals surface area contributed by atoms with Gasteiger partial charge in [0.25, 0.3) is 5.91 Å². The number of nitrogens with zero attached hydrogens (tertiary/aromatic N) is 3. The van der Waals surface area contributed by atoms with Crippen LogP contribution in [0.3, 0.4) is 0 Å². The summed E-state index contributed by atoms with van der Waals surface area (Å²) in [6.45, 7) is 3.46. The molecule has 0 bridgehead atoms. The van der Waals surface area contributed by atoms with Gasteiger partial charge in [-0.15, -0.1) is 0 Å². The molecule has 0 saturated carbocycles. The standard InChI is InChI=1S/C13H10F2.C9H11N3O3/c14-12-5-1-3-10(8-12)7-11-4-2-6-13(15)9-11;1-2-11-3-4-12-7(9(11)15)8(14)6(13)5-10-12/h1-6,8-9H,7H2;5,14H,2-4H2,1H3. The van der Waals surface area contributed by atoms with Crippen molar-refractivity contribution in [2.24, 2.45) is 0 Å². The first-order chi connectivity index (χ1) is 14.4. The van der Waals surface area contributed by atoms with Crippen LogP contribution in [0.5, 0.6) is 5.75 Å². The Morgan fingerprint density at radius 3 is 2.13 bits per heavy atom. The van der Waals surface area contributed by atoms with Crippen molar-refractivity contribution >= 4 is 5.91 Å². The Hall–Kier alpha value is -3.55. The first-order valence-corrected chi connectivity index (χ1v) is 9.46. The number of hydrogen-bond donors (Lipinski definition) is 1. The van der Waals surface area contributed by atoms with Crippen molar-refractivity contribution in [2.75, 3.05) is 13.1 Å². The zero-order chi connectivity index (χ0) is 21.7. The second-order valence-corrected chi connectivity index (χ2v) is 6.75. The monoisotopic (exact) mass is 413 g/mol. The van der Waals surface area contributed by atoms with Gasteiger partial charge in [0.05, 0.1) is 12.7 Å². The summed E-state index contributed by atoms with van der Waals surface area (Å²) >= 11 is 0. The van der Waals surface area contributed by atoms with Gasteiger partial charge in [0.1, 0.15) is 11.6 Å². The van der Waals surface area contributed by atoms with Gasteiger partial charge in [-0.2, -0.15) is 5.10 Å². The molecule has 2 aromatic carbocycles. The van der Waals surface area contributed by atoms with E-state index in [-0.39, 0.29) is 23.2 Å². The van der Waals surface area contributed by atoms with Crippen LogP contribution < -0.4 is 5.43 Å². The van der Waals surface area contributed by atoms with Crippen LogP contribution in [0, 0.1) is 11.6 Å². The van der Waals surface area contributed by atoms with Crippen LogP contribution in [-0.4, -0.2) is 38.8 Å². The maximum atomic E-state index is 12.9. The molecule has 0 radical (unpaired) electrons. The van der Waals surface area contributed by atoms with Crippen molar-refractivity contribution in [2.45, 2.75) is 19.9 Å². The van der Waals surface area contributed by atoms with E-state index in [1.807, 2.05) is 19.1 Å². The van der Waals surface area contributed by atoms with Crippen LogP contribution in [0.15, 0.2) is 59.5 Å². The summed E-state index contributed by atoms with van der Waals surface area (Å²) < 4.78 is 27.1. The zero-order valence-corrected chi connectivity index (χ0v) is 16.4. The number of halogens is 2. The van der Waals surface area contributed by atoms with Gasteiger partial charge in [-0.25, -0.2) is 8.78 Å². The highest BCUT2D eigenvalue weighted by atomic mass is 19.1. The number of likely N-dealkylation sites (N-methyl/N-ethyl adjacent to an activating group) is 1. The smallest absolute Gasteiger partial charge is 0.276 e. The number of rotatable bonds is 3. The Kier molecular flexibility index (Phi) is 6.56. The Morgan fingerprint density at radius 2 is 1.60 bits per heavy atom. The average Bonchev–Trinajstić information content (AvgIpc) is 2.71. The van der Waals surface area contributed by atoms with Crippen LogP contribution in [0.2, 0.25) is 0 Å². The number of aromatic hydroxyl groups is 1. The molecular weight excluding hydrogens is 392 g/mol. The number of fused-ring (bicyclic) bond motifs is 1. The molecule has 0 saturated heterocycles. The molecule has 1 amide bonds. The van der Waals surface area contributed by atoms with Crippen LogP contribution in [0.25, 0.3) is 0 Å². The minimum atomic E-state index is -0.618. The molecule has 2 heterocycles. The van der Waals surface area contributed by atoms with E-state index in [0.29, 0.717) is 26.1 Å². The van der Waals surface area contributed by atoms with E-state index in [0.717, 1.165) is 17.3 Å². The summed E-state index contributed by atoms with van der Waals surface area (Å²) in [6, 6.07) is 12.7. The Bertz CT molecular complexity index is 1070. The number of aromatic nitrogens is 2. The number of benzene rings is 2. The molecule has 6 nitrogen and oxygen atoms in total. The summed E-state index contributed by atoms with van der Waals surface area (Å²) in [5.41, 5.74) is 1.07. The SMILES string of the molecule is CCN1CCn2ncc(=O)c(O)c2C1=O.Fc1cccc(Cc2cccc(F)c2)c1. The molecule has 0 atom stereocenters. The van der Waals surface area contributed by atoms with Gasteiger partial charge in [-0.05, 0) is 48.7 Å². The summed E-state index contributed by atoms with van der Waals surface area (Å²) in [4.78, 5) is 24.5. The second-order valence-electron chi connectivity index (χ2n) is 6.75. The maximum Gasteiger partial charge on any atom is 0.276 e. The average molecular weight is 413 g/mol. The molecule has 1 N–H and O–H groups in total. The van der Waals surface area contributed by atoms with Crippen molar-refractivity contribution in [3.05, 3.63) is 93.4 Å². The molecule has 8 heteroatoms. The summed E-state index contributed by atoms with van der Waals surface area (Å²) in [5, 5.41) is 13.3. The number of amides is 1. The van der Waals surface area contributed by atoms with E-state index in [9.17, 15) is 23.5 Å². The largest absolute Gasteiger partial charge is 0.502 e. The fourth-order valence-electron chi connectivity index (χ4n) is 3.16. The topological polar surface area (TPSA) is 75.4 Å². The van der Waals surface area contributed by atoms with E-state index in [2.05, 4.69) is 5.10 Å². The molecule has 156 valence electrons. The van der Waals surface area contributed by atoms with Gasteiger partial charge in [0.2, 0.25) is 5.43 Å². The van der Waals surface area contributed by atoms with Crippen LogP contribution in [0.4, 0.5) is 8.78 Å². The third-order valence-corrected chi connectivity index (χ3v) is 4.67. The second kappa shape index (κ2) is 9.30. The quantitative estimate of drug-likeness (QED) is 0.716. The molecule has 3 aromatic rings. The van der Waals surface area contributed by atoms with Gasteiger partial charge in [0.15, 0.2) is 11.4 Å². The third-order valence-electron chi connectivity index (χ3n) is 4.67. The third kappa shape index (κ3) is 4.89. The highest BCUT2D eigenvalue weighted by Crippen LogP contribution is 2.17. The van der Waals surface area contributed by atoms with Crippen molar-refractivity contribution in [1.82, 2.24) is 14.7 Å². The van der Waals surface area contributed by atoms with Crippen molar-refractivity contribution in [1.29, 1.82) is 0 Å². The number of carbonyl (C=O) groups is 1. The van der Waals surface area contributed by atoms with E-state index in [4.69, 9.17) is 0 Å². The van der Waals surface area contributed by atoms with Gasteiger partial charge >= 0.3 is 0 Å². The molecular formula is C22H21F2N3O3. The Morgan fingerprint density at radius 1 is 1.00 bits per heavy atom. The summed E-state index contributed by atoms with van der Waals surface area (Å²) in [6.07, 6.45) is 1.57. The lowest BCUT2D eigenvalue weighted by Gasteiger charge is -2.27. The van der Waals surface area contributed by atoms with Gasteiger partial charge < -0.3 is 10.0 Å². The van der Waals surface area contributed by atoms with Crippen molar-refractivity contribution in [3.63, 3.8) is 0 Å². The highest BCUT2D eigenvalue weighted by molar-refractivity contribution is 5.95. The minimum absolute atomic E-state index is 0.00407. The minimum Gasteiger partial charge on any atom is -0.502 e. The highest BCUT2D eigenvalue weighted by Gasteiger charge is 2.27. The molecule has 0 aliphatic carbocycles. The summed E-state index contributed by atoms with van der Waals surface area (Å²) in [5.74, 6) is -1.37. The Balaban J connectivity index is 0.000000171. The van der Waals surface area contributed by atoms with Gasteiger partial charge in [0, 0.05) is 13.1 Å². The predicted molar refractivity (Wildman–Crippen MR) is 107 cm³/mol. The lowest BCUT2D eigenvalue weighted by molar-refractivity contribution is 0.0698. The van der Waals surface area contributed by atoms with Crippen LogP contribution in [0.1, 0.15) is 28.5 Å². The summed E-state index contributed by atoms with van der Waals surface area (Å²) in [7, 11) is 0. The molecule has 30 heavy (non-hydrogen) atoms. The maximum absolute atomic E-state index is 12.9. The van der Waals surface area contributed by atoms with Gasteiger partial charge in [-0.1, -0.05) is 24.3 Å². The molecule has 0 fully saturated rings. The molecule has 4 rings (SSSR count). The van der Waals surface area contributed by atoms with E-state index < -0.39 is 11.2 Å². The zero-order valence-electron chi connectivity index (χ0n) is 16.4. The first kappa shape index (κ1) is 21.2. The molecule has 1 aliphatic rings. The van der Waals surface area contributed by atoms with Crippen LogP contribution in [-0.2, 0) is 13.0 Å². The molecule has 0 unspecified atom stereocenters. The fourth-order valence-corrected chi connectivity index (χ4v) is 3.16.